The predicted octanol–water partition coefficient (Wildman–Crippen LogP) is 1.65. The normalized spacial score (nSPS) is 26.6. The molecule has 1 aliphatic rings. The third-order valence-electron chi connectivity index (χ3n) is 5.70. The smallest absolute Gasteiger partial charge is 0.192 e. The molecular weight excluding hydrogens is 366 g/mol. The van der Waals surface area contributed by atoms with Crippen LogP contribution in [0.3, 0.4) is 0 Å². The zero-order valence-corrected chi connectivity index (χ0v) is 17.3. The third-order valence-corrected chi connectivity index (χ3v) is 10.2. The highest BCUT2D eigenvalue weighted by Crippen LogP contribution is 2.44. The number of carbonyl (C=O) groups is 1. The highest BCUT2D eigenvalue weighted by Gasteiger charge is 2.53. The van der Waals surface area contributed by atoms with Gasteiger partial charge in [-0.3, -0.25) is 9.36 Å². The number of hydrogen-bond donors (Lipinski definition) is 2. The van der Waals surface area contributed by atoms with Gasteiger partial charge < -0.3 is 20.0 Å². The van der Waals surface area contributed by atoms with Crippen LogP contribution in [0.25, 0.3) is 11.2 Å². The van der Waals surface area contributed by atoms with Crippen molar-refractivity contribution in [1.82, 2.24) is 19.5 Å². The number of anilines is 1. The molecule has 2 aromatic rings. The molecule has 0 spiro atoms. The lowest BCUT2D eigenvalue weighted by Crippen LogP contribution is -2.53. The largest absolute Gasteiger partial charge is 0.410 e. The molecule has 0 radical (unpaired) electrons. The van der Waals surface area contributed by atoms with Gasteiger partial charge in [0.2, 0.25) is 0 Å². The fraction of sp³-hybridized carbons (Fsp3) is 0.647. The summed E-state index contributed by atoms with van der Waals surface area (Å²) >= 11 is 0. The summed E-state index contributed by atoms with van der Waals surface area (Å²) in [5, 5.41) is 9.92. The van der Waals surface area contributed by atoms with E-state index in [2.05, 4.69) is 48.8 Å². The van der Waals surface area contributed by atoms with E-state index in [1.165, 1.54) is 6.33 Å². The van der Waals surface area contributed by atoms with Crippen LogP contribution >= 0.6 is 0 Å². The molecule has 1 fully saturated rings. The Morgan fingerprint density at radius 3 is 2.74 bits per heavy atom. The number of ether oxygens (including phenoxy) is 1. The zero-order chi connectivity index (χ0) is 20.0. The van der Waals surface area contributed by atoms with E-state index in [9.17, 15) is 9.90 Å². The van der Waals surface area contributed by atoms with Gasteiger partial charge in [-0.15, -0.1) is 0 Å². The number of rotatable bonds is 5. The van der Waals surface area contributed by atoms with Crippen LogP contribution in [0.2, 0.25) is 18.1 Å². The average Bonchev–Trinajstić information content (AvgIpc) is 3.16. The molecule has 10 heteroatoms. The fourth-order valence-electron chi connectivity index (χ4n) is 2.97. The Morgan fingerprint density at radius 2 is 2.15 bits per heavy atom. The third kappa shape index (κ3) is 3.26. The number of aromatic nitrogens is 4. The zero-order valence-electron chi connectivity index (χ0n) is 16.3. The second kappa shape index (κ2) is 6.62. The number of hydrogen-bond acceptors (Lipinski definition) is 8. The summed E-state index contributed by atoms with van der Waals surface area (Å²) in [7, 11) is -2.19. The number of aliphatic hydroxyl groups excluding tert-OH is 1. The second-order valence-electron chi connectivity index (χ2n) is 8.49. The molecule has 1 unspecified atom stereocenters. The van der Waals surface area contributed by atoms with Crippen LogP contribution < -0.4 is 5.73 Å². The van der Waals surface area contributed by atoms with Crippen LogP contribution in [-0.2, 0) is 14.0 Å². The van der Waals surface area contributed by atoms with E-state index in [-0.39, 0.29) is 10.9 Å². The van der Waals surface area contributed by atoms with Crippen molar-refractivity contribution in [2.24, 2.45) is 0 Å². The van der Waals surface area contributed by atoms with E-state index in [4.69, 9.17) is 14.9 Å². The van der Waals surface area contributed by atoms with Crippen LogP contribution in [0.5, 0.6) is 0 Å². The van der Waals surface area contributed by atoms with E-state index in [1.807, 2.05) is 0 Å². The number of aldehydes is 1. The molecular formula is C17H27N5O4Si. The minimum absolute atomic E-state index is 0.0431. The van der Waals surface area contributed by atoms with E-state index in [1.54, 1.807) is 10.9 Å². The summed E-state index contributed by atoms with van der Waals surface area (Å²) in [4.78, 5) is 24.3. The first kappa shape index (κ1) is 19.9. The molecule has 1 aliphatic heterocycles. The maximum atomic E-state index is 11.9. The Kier molecular flexibility index (Phi) is 4.87. The van der Waals surface area contributed by atoms with Crippen LogP contribution in [0.15, 0.2) is 12.7 Å². The first-order chi connectivity index (χ1) is 12.5. The number of aliphatic hydroxyl groups is 1. The molecule has 2 aromatic heterocycles. The molecule has 3 heterocycles. The summed E-state index contributed by atoms with van der Waals surface area (Å²) in [6.07, 6.45) is 2.82. The van der Waals surface area contributed by atoms with Crippen molar-refractivity contribution in [2.45, 2.75) is 63.3 Å². The van der Waals surface area contributed by atoms with Crippen molar-refractivity contribution in [1.29, 1.82) is 0 Å². The number of nitrogen functional groups attached to an aromatic ring is 1. The molecule has 3 N–H and O–H groups in total. The SMILES string of the molecule is CC(C)(C)[Si](C)(C)OC1C[C@H](n2cnc3c(N)ncnc32)O[C@]1(C=O)CO. The summed E-state index contributed by atoms with van der Waals surface area (Å²) in [5.74, 6) is 0.273. The molecule has 148 valence electrons. The molecule has 3 atom stereocenters. The highest BCUT2D eigenvalue weighted by molar-refractivity contribution is 6.74. The number of fused-ring (bicyclic) bond motifs is 1. The van der Waals surface area contributed by atoms with Crippen molar-refractivity contribution >= 4 is 31.6 Å². The van der Waals surface area contributed by atoms with Gasteiger partial charge in [0.05, 0.1) is 19.0 Å². The molecule has 9 nitrogen and oxygen atoms in total. The van der Waals surface area contributed by atoms with Crippen LogP contribution in [0.4, 0.5) is 5.82 Å². The van der Waals surface area contributed by atoms with Gasteiger partial charge in [0.15, 0.2) is 31.7 Å². The first-order valence-corrected chi connectivity index (χ1v) is 11.8. The Hall–Kier alpha value is -1.88. The Balaban J connectivity index is 1.96. The molecule has 3 rings (SSSR count). The number of imidazole rings is 1. The van der Waals surface area contributed by atoms with Crippen molar-refractivity contribution in [2.75, 3.05) is 12.3 Å². The van der Waals surface area contributed by atoms with Crippen molar-refractivity contribution in [3.63, 3.8) is 0 Å². The highest BCUT2D eigenvalue weighted by atomic mass is 28.4. The van der Waals surface area contributed by atoms with E-state index >= 15 is 0 Å². The van der Waals surface area contributed by atoms with E-state index in [0.29, 0.717) is 23.9 Å². The summed E-state index contributed by atoms with van der Waals surface area (Å²) in [5.41, 5.74) is 5.41. The van der Waals surface area contributed by atoms with E-state index < -0.39 is 32.9 Å². The number of nitrogens with zero attached hydrogens (tertiary/aromatic N) is 4. The molecule has 0 aliphatic carbocycles. The molecule has 0 bridgehead atoms. The van der Waals surface area contributed by atoms with Gasteiger partial charge >= 0.3 is 0 Å². The summed E-state index contributed by atoms with van der Waals surface area (Å²) in [6.45, 7) is 10.1. The maximum absolute atomic E-state index is 11.9. The fourth-order valence-corrected chi connectivity index (χ4v) is 4.33. The van der Waals surface area contributed by atoms with Crippen molar-refractivity contribution in [3.05, 3.63) is 12.7 Å². The van der Waals surface area contributed by atoms with Gasteiger partial charge in [-0.1, -0.05) is 20.8 Å². The maximum Gasteiger partial charge on any atom is 0.192 e. The molecule has 0 amide bonds. The van der Waals surface area contributed by atoms with Gasteiger partial charge in [-0.25, -0.2) is 15.0 Å². The molecule has 1 saturated heterocycles. The van der Waals surface area contributed by atoms with Gasteiger partial charge in [0.1, 0.15) is 18.1 Å². The second-order valence-corrected chi connectivity index (χ2v) is 13.2. The lowest BCUT2D eigenvalue weighted by molar-refractivity contribution is -0.150. The molecule has 0 saturated carbocycles. The lowest BCUT2D eigenvalue weighted by Gasteiger charge is -2.40. The molecule has 27 heavy (non-hydrogen) atoms. The van der Waals surface area contributed by atoms with E-state index in [0.717, 1.165) is 0 Å². The van der Waals surface area contributed by atoms with Crippen LogP contribution in [-0.4, -0.2) is 57.5 Å². The minimum Gasteiger partial charge on any atom is -0.410 e. The van der Waals surface area contributed by atoms with Gasteiger partial charge in [0, 0.05) is 6.42 Å². The topological polar surface area (TPSA) is 125 Å². The van der Waals surface area contributed by atoms with Gasteiger partial charge in [0.25, 0.3) is 0 Å². The first-order valence-electron chi connectivity index (χ1n) is 8.90. The van der Waals surface area contributed by atoms with Gasteiger partial charge in [-0.2, -0.15) is 0 Å². The summed E-state index contributed by atoms with van der Waals surface area (Å²) in [6, 6.07) is 0. The standard InChI is InChI=1S/C17H27N5O4Si/c1-16(2,3)27(4,5)26-11-6-12(25-17(11,7-23)8-24)22-10-21-13-14(18)19-9-20-15(13)22/h7,9-12,24H,6,8H2,1-5H3,(H2,18,19,20)/t11?,12-,17-/m1/s1. The summed E-state index contributed by atoms with van der Waals surface area (Å²) < 4.78 is 14.2. The van der Waals surface area contributed by atoms with Crippen LogP contribution in [0.1, 0.15) is 33.4 Å². The minimum atomic E-state index is -2.19. The molecule has 0 aromatic carbocycles. The quantitative estimate of drug-likeness (QED) is 0.580. The van der Waals surface area contributed by atoms with Crippen LogP contribution in [0, 0.1) is 0 Å². The van der Waals surface area contributed by atoms with Crippen molar-refractivity contribution < 1.29 is 19.1 Å². The average molecular weight is 394 g/mol. The van der Waals surface area contributed by atoms with Gasteiger partial charge in [-0.05, 0) is 18.1 Å². The number of carbonyl (C=O) groups excluding carboxylic acids is 1. The Bertz CT molecular complexity index is 849. The Labute approximate surface area is 159 Å². The lowest BCUT2D eigenvalue weighted by atomic mass is 10.00. The Morgan fingerprint density at radius 1 is 1.44 bits per heavy atom. The monoisotopic (exact) mass is 393 g/mol. The number of nitrogens with two attached hydrogens (primary N) is 1. The van der Waals surface area contributed by atoms with Crippen molar-refractivity contribution in [3.8, 4) is 0 Å². The predicted molar refractivity (Wildman–Crippen MR) is 102 cm³/mol.